The SMILES string of the molecule is BrC1(Br)CC1(Br)CC1CCCCC1. The van der Waals surface area contributed by atoms with Gasteiger partial charge in [0.15, 0.2) is 0 Å². The summed E-state index contributed by atoms with van der Waals surface area (Å²) in [6.07, 6.45) is 9.81. The van der Waals surface area contributed by atoms with E-state index in [1.807, 2.05) is 0 Å². The second kappa shape index (κ2) is 3.79. The van der Waals surface area contributed by atoms with Gasteiger partial charge in [-0.25, -0.2) is 0 Å². The van der Waals surface area contributed by atoms with Gasteiger partial charge in [0.05, 0.1) is 7.56 Å². The Bertz CT molecular complexity index is 196. The zero-order chi connectivity index (χ0) is 9.53. The topological polar surface area (TPSA) is 0 Å². The molecule has 2 aliphatic carbocycles. The van der Waals surface area contributed by atoms with Crippen molar-refractivity contribution in [2.45, 2.75) is 52.5 Å². The third-order valence-electron chi connectivity index (χ3n) is 3.37. The molecule has 2 saturated carbocycles. The minimum Gasteiger partial charge on any atom is -0.0828 e. The molecule has 0 saturated heterocycles. The molecule has 0 spiro atoms. The molecular formula is C10H15Br3. The molecule has 2 aliphatic rings. The first-order chi connectivity index (χ1) is 6.04. The zero-order valence-corrected chi connectivity index (χ0v) is 12.4. The Morgan fingerprint density at radius 3 is 2.00 bits per heavy atom. The van der Waals surface area contributed by atoms with Crippen molar-refractivity contribution in [3.63, 3.8) is 0 Å². The first-order valence-electron chi connectivity index (χ1n) is 5.10. The fourth-order valence-corrected chi connectivity index (χ4v) is 5.29. The van der Waals surface area contributed by atoms with Crippen LogP contribution in [0, 0.1) is 5.92 Å². The molecule has 1 unspecified atom stereocenters. The summed E-state index contributed by atoms with van der Waals surface area (Å²) in [5.41, 5.74) is 0. The number of halogens is 3. The Morgan fingerprint density at radius 2 is 1.54 bits per heavy atom. The monoisotopic (exact) mass is 372 g/mol. The highest BCUT2D eigenvalue weighted by atomic mass is 79.9. The normalized spacial score (nSPS) is 39.0. The van der Waals surface area contributed by atoms with Gasteiger partial charge in [-0.2, -0.15) is 0 Å². The van der Waals surface area contributed by atoms with Crippen molar-refractivity contribution in [3.8, 4) is 0 Å². The van der Waals surface area contributed by atoms with Gasteiger partial charge in [-0.3, -0.25) is 0 Å². The van der Waals surface area contributed by atoms with E-state index >= 15 is 0 Å². The van der Waals surface area contributed by atoms with Crippen LogP contribution in [-0.2, 0) is 0 Å². The average molecular weight is 375 g/mol. The first-order valence-corrected chi connectivity index (χ1v) is 7.48. The van der Waals surface area contributed by atoms with Gasteiger partial charge in [-0.1, -0.05) is 79.9 Å². The second-order valence-corrected chi connectivity index (χ2v) is 9.84. The maximum Gasteiger partial charge on any atom is 0.0972 e. The summed E-state index contributed by atoms with van der Waals surface area (Å²) < 4.78 is 0.548. The average Bonchev–Trinajstić information content (AvgIpc) is 2.51. The Kier molecular flexibility index (Phi) is 3.19. The van der Waals surface area contributed by atoms with Crippen LogP contribution >= 0.6 is 47.8 Å². The molecule has 0 aromatic heterocycles. The highest BCUT2D eigenvalue weighted by Crippen LogP contribution is 2.68. The van der Waals surface area contributed by atoms with Gasteiger partial charge in [0.2, 0.25) is 0 Å². The van der Waals surface area contributed by atoms with Crippen LogP contribution in [0.5, 0.6) is 0 Å². The van der Waals surface area contributed by atoms with Crippen molar-refractivity contribution in [1.29, 1.82) is 0 Å². The molecule has 1 atom stereocenters. The third kappa shape index (κ3) is 2.34. The van der Waals surface area contributed by atoms with Crippen LogP contribution in [0.25, 0.3) is 0 Å². The third-order valence-corrected chi connectivity index (χ3v) is 7.79. The Hall–Kier alpha value is 1.44. The molecule has 0 amide bonds. The van der Waals surface area contributed by atoms with Gasteiger partial charge in [0.25, 0.3) is 0 Å². The van der Waals surface area contributed by atoms with Crippen LogP contribution < -0.4 is 0 Å². The molecule has 2 fully saturated rings. The fraction of sp³-hybridized carbons (Fsp3) is 1.00. The van der Waals surface area contributed by atoms with Crippen molar-refractivity contribution in [2.75, 3.05) is 0 Å². The standard InChI is InChI=1S/C10H15Br3/c11-9(7-10(9,12)13)6-8-4-2-1-3-5-8/h8H,1-7H2. The minimum absolute atomic E-state index is 0.199. The molecule has 0 aromatic carbocycles. The van der Waals surface area contributed by atoms with E-state index in [2.05, 4.69) is 47.8 Å². The summed E-state index contributed by atoms with van der Waals surface area (Å²) in [4.78, 5) is 0. The van der Waals surface area contributed by atoms with E-state index in [0.29, 0.717) is 4.32 Å². The van der Waals surface area contributed by atoms with Gasteiger partial charge in [-0.05, 0) is 18.8 Å². The van der Waals surface area contributed by atoms with E-state index in [4.69, 9.17) is 0 Å². The maximum atomic E-state index is 3.85. The van der Waals surface area contributed by atoms with Crippen molar-refractivity contribution in [1.82, 2.24) is 0 Å². The molecule has 0 bridgehead atoms. The van der Waals surface area contributed by atoms with Crippen LogP contribution in [0.15, 0.2) is 0 Å². The molecule has 0 aliphatic heterocycles. The summed E-state index contributed by atoms with van der Waals surface area (Å²) in [6.45, 7) is 0. The number of rotatable bonds is 2. The lowest BCUT2D eigenvalue weighted by atomic mass is 9.85. The van der Waals surface area contributed by atoms with E-state index in [-0.39, 0.29) is 3.23 Å². The van der Waals surface area contributed by atoms with Crippen LogP contribution in [-0.4, -0.2) is 7.56 Å². The van der Waals surface area contributed by atoms with E-state index < -0.39 is 0 Å². The molecule has 0 heterocycles. The molecule has 0 radical (unpaired) electrons. The van der Waals surface area contributed by atoms with Crippen molar-refractivity contribution in [3.05, 3.63) is 0 Å². The molecule has 76 valence electrons. The molecule has 0 N–H and O–H groups in total. The Morgan fingerprint density at radius 1 is 1.00 bits per heavy atom. The van der Waals surface area contributed by atoms with Gasteiger partial charge in [0.1, 0.15) is 0 Å². The summed E-state index contributed by atoms with van der Waals surface area (Å²) in [7, 11) is 0. The first kappa shape index (κ1) is 10.9. The molecule has 0 aromatic rings. The summed E-state index contributed by atoms with van der Waals surface area (Å²) in [6, 6.07) is 0. The highest BCUT2D eigenvalue weighted by Gasteiger charge is 2.63. The highest BCUT2D eigenvalue weighted by molar-refractivity contribution is 9.26. The largest absolute Gasteiger partial charge is 0.0972 e. The molecular weight excluding hydrogens is 360 g/mol. The van der Waals surface area contributed by atoms with E-state index in [1.165, 1.54) is 44.9 Å². The predicted molar refractivity (Wildman–Crippen MR) is 68.1 cm³/mol. The van der Waals surface area contributed by atoms with Gasteiger partial charge in [-0.15, -0.1) is 0 Å². The van der Waals surface area contributed by atoms with Crippen molar-refractivity contribution in [2.24, 2.45) is 5.92 Å². The van der Waals surface area contributed by atoms with E-state index in [9.17, 15) is 0 Å². The van der Waals surface area contributed by atoms with Crippen molar-refractivity contribution < 1.29 is 0 Å². The van der Waals surface area contributed by atoms with E-state index in [0.717, 1.165) is 5.92 Å². The fourth-order valence-electron chi connectivity index (χ4n) is 2.38. The second-order valence-electron chi connectivity index (χ2n) is 4.55. The van der Waals surface area contributed by atoms with Crippen LogP contribution in [0.3, 0.4) is 0 Å². The lowest BCUT2D eigenvalue weighted by Gasteiger charge is -2.24. The predicted octanol–water partition coefficient (Wildman–Crippen LogP) is 4.98. The number of hydrogen-bond acceptors (Lipinski definition) is 0. The summed E-state index contributed by atoms with van der Waals surface area (Å²) in [5, 5.41) is 0. The van der Waals surface area contributed by atoms with Gasteiger partial charge >= 0.3 is 0 Å². The van der Waals surface area contributed by atoms with Crippen LogP contribution in [0.4, 0.5) is 0 Å². The van der Waals surface area contributed by atoms with Crippen molar-refractivity contribution >= 4 is 47.8 Å². The lowest BCUT2D eigenvalue weighted by Crippen LogP contribution is -2.16. The molecule has 0 nitrogen and oxygen atoms in total. The maximum absolute atomic E-state index is 3.85. The number of hydrogen-bond donors (Lipinski definition) is 0. The Balaban J connectivity index is 1.84. The molecule has 2 rings (SSSR count). The van der Waals surface area contributed by atoms with E-state index in [1.54, 1.807) is 0 Å². The Labute approximate surface area is 106 Å². The molecule has 3 heteroatoms. The molecule has 13 heavy (non-hydrogen) atoms. The van der Waals surface area contributed by atoms with Crippen LogP contribution in [0.1, 0.15) is 44.9 Å². The summed E-state index contributed by atoms with van der Waals surface area (Å²) >= 11 is 11.3. The quantitative estimate of drug-likeness (QED) is 0.598. The van der Waals surface area contributed by atoms with Gasteiger partial charge < -0.3 is 0 Å². The summed E-state index contributed by atoms with van der Waals surface area (Å²) in [5.74, 6) is 0.963. The smallest absolute Gasteiger partial charge is 0.0828 e. The lowest BCUT2D eigenvalue weighted by molar-refractivity contribution is 0.334. The zero-order valence-electron chi connectivity index (χ0n) is 7.66. The minimum atomic E-state index is 0.199. The van der Waals surface area contributed by atoms with Gasteiger partial charge in [0, 0.05) is 0 Å². The van der Waals surface area contributed by atoms with Crippen LogP contribution in [0.2, 0.25) is 0 Å². The number of alkyl halides is 3.